The summed E-state index contributed by atoms with van der Waals surface area (Å²) in [5.74, 6) is -0.239. The number of aliphatic hydroxyl groups is 1. The number of hydrogen-bond acceptors (Lipinski definition) is 4. The predicted octanol–water partition coefficient (Wildman–Crippen LogP) is 8.97. The maximum Gasteiger partial charge on any atom is 0.306 e. The van der Waals surface area contributed by atoms with E-state index in [4.69, 9.17) is 9.47 Å². The molecule has 0 rings (SSSR count). The van der Waals surface area contributed by atoms with Crippen molar-refractivity contribution >= 4 is 5.97 Å². The van der Waals surface area contributed by atoms with Crippen LogP contribution in [0.1, 0.15) is 117 Å². The molecule has 1 atom stereocenters. The molecular formula is C33H56O4. The molecule has 1 unspecified atom stereocenters. The van der Waals surface area contributed by atoms with Crippen molar-refractivity contribution in [3.05, 3.63) is 60.8 Å². The fourth-order valence-corrected chi connectivity index (χ4v) is 3.64. The highest BCUT2D eigenvalue weighted by molar-refractivity contribution is 5.69. The van der Waals surface area contributed by atoms with Gasteiger partial charge in [0.15, 0.2) is 0 Å². The fourth-order valence-electron chi connectivity index (χ4n) is 3.64. The molecule has 0 aliphatic carbocycles. The minimum atomic E-state index is -0.547. The molecule has 37 heavy (non-hydrogen) atoms. The van der Waals surface area contributed by atoms with Crippen LogP contribution in [0.15, 0.2) is 60.8 Å². The molecule has 4 nitrogen and oxygen atoms in total. The average molecular weight is 517 g/mol. The van der Waals surface area contributed by atoms with Crippen LogP contribution in [0.4, 0.5) is 0 Å². The van der Waals surface area contributed by atoms with Crippen molar-refractivity contribution in [2.24, 2.45) is 0 Å². The maximum atomic E-state index is 12.0. The third-order valence-corrected chi connectivity index (χ3v) is 5.86. The molecule has 0 aromatic rings. The average Bonchev–Trinajstić information content (AvgIpc) is 2.90. The van der Waals surface area contributed by atoms with Gasteiger partial charge in [-0.05, 0) is 57.8 Å². The molecule has 0 aromatic carbocycles. The monoisotopic (exact) mass is 516 g/mol. The molecule has 0 spiro atoms. The van der Waals surface area contributed by atoms with Gasteiger partial charge in [-0.2, -0.15) is 0 Å². The smallest absolute Gasteiger partial charge is 0.306 e. The quantitative estimate of drug-likeness (QED) is 0.0708. The first-order chi connectivity index (χ1) is 18.2. The number of allylic oxidation sites excluding steroid dienone is 10. The van der Waals surface area contributed by atoms with Gasteiger partial charge in [0.1, 0.15) is 6.10 Å². The zero-order valence-corrected chi connectivity index (χ0v) is 24.0. The first-order valence-electron chi connectivity index (χ1n) is 14.9. The van der Waals surface area contributed by atoms with E-state index in [-0.39, 0.29) is 19.2 Å². The van der Waals surface area contributed by atoms with Crippen molar-refractivity contribution in [1.82, 2.24) is 0 Å². The first-order valence-corrected chi connectivity index (χ1v) is 14.9. The van der Waals surface area contributed by atoms with Crippen LogP contribution in [0, 0.1) is 0 Å². The fraction of sp³-hybridized carbons (Fsp3) is 0.667. The van der Waals surface area contributed by atoms with Gasteiger partial charge in [-0.15, -0.1) is 0 Å². The standard InChI is InChI=1S/C33H56O4/c1-3-5-7-9-11-12-13-14-15-16-17-18-19-20-21-22-23-24-26-28-33(35)37-32(30-34)31-36-29-27-25-10-8-6-4-2/h5,7,11-12,14-15,17-18,20-21,32,34H,3-4,6,8-10,13,16,19,22-31H2,1-2H3/b7-5-,12-11-,15-14-,18-17-,21-20-. The lowest BCUT2D eigenvalue weighted by atomic mass is 10.1. The summed E-state index contributed by atoms with van der Waals surface area (Å²) >= 11 is 0. The molecule has 0 amide bonds. The Morgan fingerprint density at radius 1 is 0.676 bits per heavy atom. The minimum absolute atomic E-state index is 0.188. The van der Waals surface area contributed by atoms with E-state index < -0.39 is 6.10 Å². The molecule has 0 aromatic heterocycles. The molecule has 0 radical (unpaired) electrons. The molecule has 0 aliphatic rings. The maximum absolute atomic E-state index is 12.0. The van der Waals surface area contributed by atoms with Crippen molar-refractivity contribution in [3.63, 3.8) is 0 Å². The van der Waals surface area contributed by atoms with E-state index in [9.17, 15) is 9.90 Å². The largest absolute Gasteiger partial charge is 0.457 e. The predicted molar refractivity (Wildman–Crippen MR) is 159 cm³/mol. The number of carbonyl (C=O) groups is 1. The molecular weight excluding hydrogens is 460 g/mol. The Balaban J connectivity index is 3.61. The number of carbonyl (C=O) groups excluding carboxylic acids is 1. The number of ether oxygens (including phenoxy) is 2. The number of rotatable bonds is 26. The summed E-state index contributed by atoms with van der Waals surface area (Å²) in [5.41, 5.74) is 0. The highest BCUT2D eigenvalue weighted by Crippen LogP contribution is 2.08. The molecule has 0 bridgehead atoms. The topological polar surface area (TPSA) is 55.8 Å². The van der Waals surface area contributed by atoms with Gasteiger partial charge in [0.2, 0.25) is 0 Å². The Bertz CT molecular complexity index is 630. The highest BCUT2D eigenvalue weighted by Gasteiger charge is 2.13. The van der Waals surface area contributed by atoms with Gasteiger partial charge in [0, 0.05) is 13.0 Å². The Kier molecular flexibility index (Phi) is 28.7. The van der Waals surface area contributed by atoms with Crippen LogP contribution < -0.4 is 0 Å². The summed E-state index contributed by atoms with van der Waals surface area (Å²) < 4.78 is 10.9. The summed E-state index contributed by atoms with van der Waals surface area (Å²) in [6.45, 7) is 5.12. The third-order valence-electron chi connectivity index (χ3n) is 5.86. The van der Waals surface area contributed by atoms with E-state index in [0.717, 1.165) is 64.2 Å². The first kappa shape index (κ1) is 35.1. The van der Waals surface area contributed by atoms with Gasteiger partial charge in [0.05, 0.1) is 13.2 Å². The number of aliphatic hydroxyl groups excluding tert-OH is 1. The van der Waals surface area contributed by atoms with Crippen LogP contribution in [-0.4, -0.2) is 37.0 Å². The van der Waals surface area contributed by atoms with Crippen LogP contribution in [0.5, 0.6) is 0 Å². The van der Waals surface area contributed by atoms with Crippen LogP contribution in [0.2, 0.25) is 0 Å². The molecule has 4 heteroatoms. The van der Waals surface area contributed by atoms with E-state index in [1.54, 1.807) is 0 Å². The van der Waals surface area contributed by atoms with Crippen LogP contribution in [0.25, 0.3) is 0 Å². The third kappa shape index (κ3) is 28.5. The second kappa shape index (κ2) is 30.3. The Labute approximate surface area is 228 Å². The van der Waals surface area contributed by atoms with Crippen molar-refractivity contribution in [3.8, 4) is 0 Å². The van der Waals surface area contributed by atoms with Gasteiger partial charge in [0.25, 0.3) is 0 Å². The summed E-state index contributed by atoms with van der Waals surface area (Å²) in [7, 11) is 0. The molecule has 212 valence electrons. The van der Waals surface area contributed by atoms with Crippen molar-refractivity contribution in [2.75, 3.05) is 19.8 Å². The second-order valence-electron chi connectivity index (χ2n) is 9.44. The van der Waals surface area contributed by atoms with Gasteiger partial charge in [-0.1, -0.05) is 113 Å². The van der Waals surface area contributed by atoms with Crippen LogP contribution in [-0.2, 0) is 14.3 Å². The van der Waals surface area contributed by atoms with Crippen molar-refractivity contribution in [2.45, 2.75) is 123 Å². The number of unbranched alkanes of at least 4 members (excludes halogenated alkanes) is 8. The zero-order chi connectivity index (χ0) is 27.1. The van der Waals surface area contributed by atoms with Crippen molar-refractivity contribution < 1.29 is 19.4 Å². The second-order valence-corrected chi connectivity index (χ2v) is 9.44. The summed E-state index contributed by atoms with van der Waals surface area (Å²) in [6, 6.07) is 0. The van der Waals surface area contributed by atoms with Crippen LogP contribution in [0.3, 0.4) is 0 Å². The van der Waals surface area contributed by atoms with Gasteiger partial charge in [-0.25, -0.2) is 0 Å². The lowest BCUT2D eigenvalue weighted by Crippen LogP contribution is -2.27. The van der Waals surface area contributed by atoms with E-state index in [2.05, 4.69) is 74.6 Å². The highest BCUT2D eigenvalue weighted by atomic mass is 16.6. The lowest BCUT2D eigenvalue weighted by Gasteiger charge is -2.15. The van der Waals surface area contributed by atoms with Gasteiger partial charge in [-0.3, -0.25) is 4.79 Å². The summed E-state index contributed by atoms with van der Waals surface area (Å²) in [5, 5.41) is 9.43. The number of hydrogen-bond donors (Lipinski definition) is 1. The van der Waals surface area contributed by atoms with Gasteiger partial charge < -0.3 is 14.6 Å². The molecule has 0 aliphatic heterocycles. The Morgan fingerprint density at radius 3 is 1.81 bits per heavy atom. The molecule has 1 N–H and O–H groups in total. The van der Waals surface area contributed by atoms with Crippen molar-refractivity contribution in [1.29, 1.82) is 0 Å². The lowest BCUT2D eigenvalue weighted by molar-refractivity contribution is -0.154. The van der Waals surface area contributed by atoms with E-state index in [0.29, 0.717) is 13.0 Å². The summed E-state index contributed by atoms with van der Waals surface area (Å²) in [4.78, 5) is 12.0. The van der Waals surface area contributed by atoms with Crippen LogP contribution >= 0.6 is 0 Å². The normalized spacial score (nSPS) is 13.3. The van der Waals surface area contributed by atoms with E-state index >= 15 is 0 Å². The Morgan fingerprint density at radius 2 is 1.22 bits per heavy atom. The molecule has 0 fully saturated rings. The summed E-state index contributed by atoms with van der Waals surface area (Å²) in [6.07, 6.45) is 38.2. The molecule has 0 saturated heterocycles. The zero-order valence-electron chi connectivity index (χ0n) is 24.0. The van der Waals surface area contributed by atoms with E-state index in [1.807, 2.05) is 0 Å². The SMILES string of the molecule is CC/C=C\C/C=C\C/C=C\C/C=C\C/C=C\CCCCCC(=O)OC(CO)COCCCCCCCC. The Hall–Kier alpha value is -1.91. The van der Waals surface area contributed by atoms with Gasteiger partial charge >= 0.3 is 5.97 Å². The number of esters is 1. The van der Waals surface area contributed by atoms with E-state index in [1.165, 1.54) is 32.1 Å². The minimum Gasteiger partial charge on any atom is -0.457 e. The molecule has 0 saturated carbocycles. The molecule has 0 heterocycles.